The Morgan fingerprint density at radius 3 is 2.58 bits per heavy atom. The zero-order valence-electron chi connectivity index (χ0n) is 16.1. The van der Waals surface area contributed by atoms with Crippen molar-refractivity contribution in [2.75, 3.05) is 46.0 Å². The third-order valence-corrected chi connectivity index (χ3v) is 7.29. The predicted molar refractivity (Wildman–Crippen MR) is 101 cm³/mol. The molecule has 3 aliphatic heterocycles. The van der Waals surface area contributed by atoms with Gasteiger partial charge in [0.25, 0.3) is 0 Å². The smallest absolute Gasteiger partial charge is 0.0945 e. The van der Waals surface area contributed by atoms with Crippen molar-refractivity contribution in [1.29, 1.82) is 0 Å². The van der Waals surface area contributed by atoms with Crippen LogP contribution in [0.4, 0.5) is 0 Å². The third kappa shape index (κ3) is 3.70. The fraction of sp³-hybridized carbons (Fsp3) is 0.850. The van der Waals surface area contributed by atoms with Crippen molar-refractivity contribution in [3.63, 3.8) is 0 Å². The van der Waals surface area contributed by atoms with E-state index in [2.05, 4.69) is 26.4 Å². The first-order valence-corrected chi connectivity index (χ1v) is 10.3. The van der Waals surface area contributed by atoms with Crippen molar-refractivity contribution >= 4 is 0 Å². The van der Waals surface area contributed by atoms with Crippen LogP contribution in [0, 0.1) is 11.3 Å². The zero-order chi connectivity index (χ0) is 18.0. The molecule has 0 bridgehead atoms. The summed E-state index contributed by atoms with van der Waals surface area (Å²) >= 11 is 0. The van der Waals surface area contributed by atoms with E-state index in [0.29, 0.717) is 17.9 Å². The number of aliphatic hydroxyl groups excluding tert-OH is 1. The van der Waals surface area contributed by atoms with E-state index in [1.807, 2.05) is 12.5 Å². The van der Waals surface area contributed by atoms with Gasteiger partial charge in [-0.3, -0.25) is 4.90 Å². The van der Waals surface area contributed by atoms with Gasteiger partial charge in [-0.2, -0.15) is 0 Å². The molecule has 0 aromatic carbocycles. The molecule has 26 heavy (non-hydrogen) atoms. The van der Waals surface area contributed by atoms with E-state index >= 15 is 0 Å². The first-order valence-electron chi connectivity index (χ1n) is 10.3. The van der Waals surface area contributed by atoms with E-state index in [0.717, 1.165) is 38.9 Å². The SMILES string of the molecule is Cn1cncc1CN1CCC2(CCN(C3CCOCC3)CC2)[C@H](CO)C1. The normalized spacial score (nSPS) is 28.6. The van der Waals surface area contributed by atoms with Gasteiger partial charge in [0.05, 0.1) is 12.0 Å². The zero-order valence-corrected chi connectivity index (χ0v) is 16.1. The molecule has 3 fully saturated rings. The van der Waals surface area contributed by atoms with Gasteiger partial charge >= 0.3 is 0 Å². The molecular weight excluding hydrogens is 328 g/mol. The Hall–Kier alpha value is -0.950. The molecule has 3 aliphatic rings. The second-order valence-electron chi connectivity index (χ2n) is 8.60. The number of aryl methyl sites for hydroxylation is 1. The number of likely N-dealkylation sites (tertiary alicyclic amines) is 2. The molecule has 4 rings (SSSR count). The van der Waals surface area contributed by atoms with Crippen LogP contribution in [0.25, 0.3) is 0 Å². The molecule has 6 nitrogen and oxygen atoms in total. The summed E-state index contributed by atoms with van der Waals surface area (Å²) in [5, 5.41) is 10.1. The van der Waals surface area contributed by atoms with Crippen LogP contribution in [0.1, 0.15) is 37.8 Å². The first-order chi connectivity index (χ1) is 12.7. The van der Waals surface area contributed by atoms with E-state index in [4.69, 9.17) is 4.74 Å². The average Bonchev–Trinajstić information content (AvgIpc) is 3.09. The summed E-state index contributed by atoms with van der Waals surface area (Å²) in [6.07, 6.45) is 9.92. The van der Waals surface area contributed by atoms with Crippen LogP contribution in [0.3, 0.4) is 0 Å². The van der Waals surface area contributed by atoms with Crippen LogP contribution in [0.15, 0.2) is 12.5 Å². The Kier molecular flexibility index (Phi) is 5.64. The Balaban J connectivity index is 1.35. The van der Waals surface area contributed by atoms with Crippen molar-refractivity contribution in [3.8, 4) is 0 Å². The highest BCUT2D eigenvalue weighted by Crippen LogP contribution is 2.45. The molecule has 6 heteroatoms. The Bertz CT molecular complexity index is 576. The molecule has 1 aromatic rings. The first kappa shape index (κ1) is 18.4. The minimum Gasteiger partial charge on any atom is -0.396 e. The Morgan fingerprint density at radius 2 is 1.92 bits per heavy atom. The lowest BCUT2D eigenvalue weighted by Crippen LogP contribution is -2.55. The summed E-state index contributed by atoms with van der Waals surface area (Å²) in [6, 6.07) is 0.721. The third-order valence-electron chi connectivity index (χ3n) is 7.29. The highest BCUT2D eigenvalue weighted by molar-refractivity contribution is 5.01. The van der Waals surface area contributed by atoms with Crippen molar-refractivity contribution < 1.29 is 9.84 Å². The standard InChI is InChI=1S/C20H34N4O2/c1-22-16-21-12-19(22)14-23-7-4-20(17(13-23)15-25)5-8-24(9-6-20)18-2-10-26-11-3-18/h12,16-18,25H,2-11,13-15H2,1H3/t17-/m0/s1. The van der Waals surface area contributed by atoms with Crippen molar-refractivity contribution in [3.05, 3.63) is 18.2 Å². The average molecular weight is 363 g/mol. The van der Waals surface area contributed by atoms with Crippen LogP contribution in [0.2, 0.25) is 0 Å². The van der Waals surface area contributed by atoms with Gasteiger partial charge in [0, 0.05) is 58.1 Å². The number of rotatable bonds is 4. The van der Waals surface area contributed by atoms with E-state index in [9.17, 15) is 5.11 Å². The number of imidazole rings is 1. The quantitative estimate of drug-likeness (QED) is 0.880. The molecule has 1 aromatic heterocycles. The summed E-state index contributed by atoms with van der Waals surface area (Å²) in [5.41, 5.74) is 1.60. The minimum absolute atomic E-state index is 0.319. The van der Waals surface area contributed by atoms with Gasteiger partial charge in [0.15, 0.2) is 0 Å². The molecule has 0 aliphatic carbocycles. The van der Waals surface area contributed by atoms with Crippen molar-refractivity contribution in [2.24, 2.45) is 18.4 Å². The number of aromatic nitrogens is 2. The number of piperidine rings is 2. The molecule has 3 saturated heterocycles. The van der Waals surface area contributed by atoms with Crippen molar-refractivity contribution in [2.45, 2.75) is 44.7 Å². The molecule has 1 atom stereocenters. The maximum absolute atomic E-state index is 10.1. The maximum atomic E-state index is 10.1. The number of hydrogen-bond acceptors (Lipinski definition) is 5. The number of nitrogens with zero attached hydrogens (tertiary/aromatic N) is 4. The summed E-state index contributed by atoms with van der Waals surface area (Å²) in [5.74, 6) is 0.404. The van der Waals surface area contributed by atoms with Crippen LogP contribution >= 0.6 is 0 Å². The van der Waals surface area contributed by atoms with E-state index < -0.39 is 0 Å². The van der Waals surface area contributed by atoms with Crippen LogP contribution in [-0.2, 0) is 18.3 Å². The molecule has 4 heterocycles. The van der Waals surface area contributed by atoms with Gasteiger partial charge in [-0.1, -0.05) is 0 Å². The van der Waals surface area contributed by atoms with Gasteiger partial charge in [0.1, 0.15) is 0 Å². The molecular formula is C20H34N4O2. The highest BCUT2D eigenvalue weighted by Gasteiger charge is 2.45. The van der Waals surface area contributed by atoms with Gasteiger partial charge < -0.3 is 19.3 Å². The molecule has 0 saturated carbocycles. The molecule has 1 N–H and O–H groups in total. The lowest BCUT2D eigenvalue weighted by atomic mass is 9.64. The number of aliphatic hydroxyl groups is 1. The predicted octanol–water partition coefficient (Wildman–Crippen LogP) is 1.50. The maximum Gasteiger partial charge on any atom is 0.0945 e. The summed E-state index contributed by atoms with van der Waals surface area (Å²) in [6.45, 7) is 7.66. The summed E-state index contributed by atoms with van der Waals surface area (Å²) in [7, 11) is 2.06. The minimum atomic E-state index is 0.319. The van der Waals surface area contributed by atoms with Gasteiger partial charge in [0.2, 0.25) is 0 Å². The number of ether oxygens (including phenoxy) is 1. The van der Waals surface area contributed by atoms with Gasteiger partial charge in [-0.15, -0.1) is 0 Å². The molecule has 0 unspecified atom stereocenters. The van der Waals surface area contributed by atoms with Crippen LogP contribution in [0.5, 0.6) is 0 Å². The Labute approximate surface area is 157 Å². The molecule has 0 radical (unpaired) electrons. The highest BCUT2D eigenvalue weighted by atomic mass is 16.5. The van der Waals surface area contributed by atoms with Gasteiger partial charge in [-0.25, -0.2) is 4.98 Å². The van der Waals surface area contributed by atoms with Crippen molar-refractivity contribution in [1.82, 2.24) is 19.4 Å². The second-order valence-corrected chi connectivity index (χ2v) is 8.60. The lowest BCUT2D eigenvalue weighted by molar-refractivity contribution is -0.0604. The monoisotopic (exact) mass is 362 g/mol. The summed E-state index contributed by atoms with van der Waals surface area (Å²) in [4.78, 5) is 9.44. The van der Waals surface area contributed by atoms with Gasteiger partial charge in [-0.05, 0) is 57.2 Å². The second kappa shape index (κ2) is 7.97. The molecule has 1 spiro atoms. The largest absolute Gasteiger partial charge is 0.396 e. The van der Waals surface area contributed by atoms with E-state index in [1.54, 1.807) is 0 Å². The van der Waals surface area contributed by atoms with E-state index in [1.165, 1.54) is 50.9 Å². The lowest BCUT2D eigenvalue weighted by Gasteiger charge is -2.52. The van der Waals surface area contributed by atoms with Crippen LogP contribution < -0.4 is 0 Å². The number of hydrogen-bond donors (Lipinski definition) is 1. The topological polar surface area (TPSA) is 53.8 Å². The fourth-order valence-electron chi connectivity index (χ4n) is 5.39. The molecule has 0 amide bonds. The van der Waals surface area contributed by atoms with Crippen LogP contribution in [-0.4, -0.2) is 76.5 Å². The fourth-order valence-corrected chi connectivity index (χ4v) is 5.39. The summed E-state index contributed by atoms with van der Waals surface area (Å²) < 4.78 is 7.63. The van der Waals surface area contributed by atoms with E-state index in [-0.39, 0.29) is 0 Å². The molecule has 146 valence electrons. The Morgan fingerprint density at radius 1 is 1.19 bits per heavy atom.